The predicted molar refractivity (Wildman–Crippen MR) is 109 cm³/mol. The molecule has 0 aliphatic heterocycles. The van der Waals surface area contributed by atoms with Crippen LogP contribution in [0.15, 0.2) is 72.1 Å². The van der Waals surface area contributed by atoms with Crippen LogP contribution in [0.1, 0.15) is 20.8 Å². The van der Waals surface area contributed by atoms with Crippen molar-refractivity contribution in [3.8, 4) is 5.75 Å². The van der Waals surface area contributed by atoms with Crippen LogP contribution in [0, 0.1) is 0 Å². The molecule has 0 saturated carbocycles. The highest BCUT2D eigenvalue weighted by atomic mass is 32.1. The minimum Gasteiger partial charge on any atom is -0.482 e. The molecule has 0 saturated heterocycles. The third-order valence-corrected chi connectivity index (χ3v) is 4.79. The van der Waals surface area contributed by atoms with Gasteiger partial charge in [-0.25, -0.2) is 4.79 Å². The summed E-state index contributed by atoms with van der Waals surface area (Å²) in [5, 5.41) is 4.59. The third-order valence-electron chi connectivity index (χ3n) is 3.91. The van der Waals surface area contributed by atoms with E-state index in [4.69, 9.17) is 9.47 Å². The lowest BCUT2D eigenvalue weighted by Crippen LogP contribution is -2.29. The fraction of sp³-hybridized carbons (Fsp3) is 0.136. The second kappa shape index (κ2) is 10.2. The van der Waals surface area contributed by atoms with Crippen molar-refractivity contribution in [1.82, 2.24) is 5.32 Å². The first-order valence-electron chi connectivity index (χ1n) is 8.89. The van der Waals surface area contributed by atoms with E-state index in [1.54, 1.807) is 48.5 Å². The smallest absolute Gasteiger partial charge is 0.344 e. The standard InChI is InChI=1S/C22H19NO5S/c24-20(23-13-19-7-4-12-29-19)14-28-21(25)15-27-18-10-8-17(9-11-18)22(26)16-5-2-1-3-6-16/h1-12H,13-15H2,(H,23,24). The van der Waals surface area contributed by atoms with Gasteiger partial charge in [0, 0.05) is 16.0 Å². The van der Waals surface area contributed by atoms with Gasteiger partial charge in [-0.3, -0.25) is 9.59 Å². The number of carbonyl (C=O) groups excluding carboxylic acids is 3. The first-order valence-corrected chi connectivity index (χ1v) is 9.77. The Morgan fingerprint density at radius 1 is 0.828 bits per heavy atom. The second-order valence-corrected chi connectivity index (χ2v) is 7.06. The number of ether oxygens (including phenoxy) is 2. The Balaban J connectivity index is 1.39. The van der Waals surface area contributed by atoms with Gasteiger partial charge in [0.1, 0.15) is 5.75 Å². The van der Waals surface area contributed by atoms with Crippen LogP contribution in [0.25, 0.3) is 0 Å². The molecule has 1 amide bonds. The molecule has 0 spiro atoms. The maximum absolute atomic E-state index is 12.3. The molecular formula is C22H19NO5S. The molecule has 148 valence electrons. The lowest BCUT2D eigenvalue weighted by molar-refractivity contribution is -0.150. The van der Waals surface area contributed by atoms with Gasteiger partial charge in [-0.1, -0.05) is 36.4 Å². The molecular weight excluding hydrogens is 390 g/mol. The van der Waals surface area contributed by atoms with E-state index in [0.717, 1.165) is 4.88 Å². The number of carbonyl (C=O) groups is 3. The molecule has 0 aliphatic rings. The average molecular weight is 409 g/mol. The summed E-state index contributed by atoms with van der Waals surface area (Å²) in [6.45, 7) is -0.291. The largest absolute Gasteiger partial charge is 0.482 e. The number of nitrogens with one attached hydrogen (secondary N) is 1. The highest BCUT2D eigenvalue weighted by Gasteiger charge is 2.11. The summed E-state index contributed by atoms with van der Waals surface area (Å²) < 4.78 is 10.2. The van der Waals surface area contributed by atoms with Gasteiger partial charge < -0.3 is 14.8 Å². The molecule has 1 aromatic heterocycles. The van der Waals surface area contributed by atoms with Crippen LogP contribution in [0.4, 0.5) is 0 Å². The first-order chi connectivity index (χ1) is 14.1. The van der Waals surface area contributed by atoms with Crippen molar-refractivity contribution in [1.29, 1.82) is 0 Å². The number of esters is 1. The lowest BCUT2D eigenvalue weighted by Gasteiger charge is -2.08. The lowest BCUT2D eigenvalue weighted by atomic mass is 10.0. The first kappa shape index (κ1) is 20.3. The summed E-state index contributed by atoms with van der Waals surface area (Å²) in [4.78, 5) is 36.8. The summed E-state index contributed by atoms with van der Waals surface area (Å²) in [7, 11) is 0. The van der Waals surface area contributed by atoms with Gasteiger partial charge in [0.05, 0.1) is 6.54 Å². The van der Waals surface area contributed by atoms with Gasteiger partial charge in [-0.05, 0) is 35.7 Å². The molecule has 1 heterocycles. The predicted octanol–water partition coefficient (Wildman–Crippen LogP) is 3.22. The van der Waals surface area contributed by atoms with Crippen LogP contribution in [0.3, 0.4) is 0 Å². The molecule has 7 heteroatoms. The average Bonchev–Trinajstić information content (AvgIpc) is 3.29. The molecule has 0 bridgehead atoms. The van der Waals surface area contributed by atoms with Crippen molar-refractivity contribution in [2.45, 2.75) is 6.54 Å². The molecule has 2 aromatic carbocycles. The van der Waals surface area contributed by atoms with E-state index in [0.29, 0.717) is 23.4 Å². The monoisotopic (exact) mass is 409 g/mol. The van der Waals surface area contributed by atoms with Crippen LogP contribution in [-0.4, -0.2) is 30.9 Å². The Bertz CT molecular complexity index is 953. The highest BCUT2D eigenvalue weighted by Crippen LogP contribution is 2.15. The van der Waals surface area contributed by atoms with Crippen LogP contribution in [0.2, 0.25) is 0 Å². The summed E-state index contributed by atoms with van der Waals surface area (Å²) in [6.07, 6.45) is 0. The number of thiophene rings is 1. The van der Waals surface area contributed by atoms with Crippen molar-refractivity contribution in [3.63, 3.8) is 0 Å². The molecule has 0 aliphatic carbocycles. The summed E-state index contributed by atoms with van der Waals surface area (Å²) in [6, 6.07) is 19.2. The molecule has 3 rings (SSSR count). The SMILES string of the molecule is O=C(COC(=O)COc1ccc(C(=O)c2ccccc2)cc1)NCc1cccs1. The Kier molecular flexibility index (Phi) is 7.13. The van der Waals surface area contributed by atoms with Crippen molar-refractivity contribution in [3.05, 3.63) is 88.1 Å². The van der Waals surface area contributed by atoms with Crippen LogP contribution in [-0.2, 0) is 20.9 Å². The summed E-state index contributed by atoms with van der Waals surface area (Å²) in [5.74, 6) is -0.699. The van der Waals surface area contributed by atoms with Gasteiger partial charge in [-0.15, -0.1) is 11.3 Å². The van der Waals surface area contributed by atoms with E-state index >= 15 is 0 Å². The minimum absolute atomic E-state index is 0.0925. The zero-order valence-corrected chi connectivity index (χ0v) is 16.3. The zero-order valence-electron chi connectivity index (χ0n) is 15.5. The Morgan fingerprint density at radius 3 is 2.24 bits per heavy atom. The topological polar surface area (TPSA) is 81.7 Å². The zero-order chi connectivity index (χ0) is 20.5. The number of hydrogen-bond donors (Lipinski definition) is 1. The van der Waals surface area contributed by atoms with Gasteiger partial charge in [-0.2, -0.15) is 0 Å². The van der Waals surface area contributed by atoms with Gasteiger partial charge in [0.15, 0.2) is 19.0 Å². The normalized spacial score (nSPS) is 10.2. The van der Waals surface area contributed by atoms with Gasteiger partial charge in [0.2, 0.25) is 0 Å². The van der Waals surface area contributed by atoms with E-state index in [2.05, 4.69) is 5.32 Å². The maximum atomic E-state index is 12.3. The summed E-state index contributed by atoms with van der Waals surface area (Å²) >= 11 is 1.53. The van der Waals surface area contributed by atoms with Crippen LogP contribution < -0.4 is 10.1 Å². The molecule has 1 N–H and O–H groups in total. The fourth-order valence-electron chi connectivity index (χ4n) is 2.44. The third kappa shape index (κ3) is 6.29. The summed E-state index contributed by atoms with van der Waals surface area (Å²) in [5.41, 5.74) is 1.12. The molecule has 0 atom stereocenters. The van der Waals surface area contributed by atoms with Gasteiger partial charge >= 0.3 is 5.97 Å². The van der Waals surface area contributed by atoms with E-state index in [9.17, 15) is 14.4 Å². The maximum Gasteiger partial charge on any atom is 0.344 e. The van der Waals surface area contributed by atoms with Crippen LogP contribution >= 0.6 is 11.3 Å². The van der Waals surface area contributed by atoms with Crippen molar-refractivity contribution in [2.24, 2.45) is 0 Å². The Hall–Kier alpha value is -3.45. The van der Waals surface area contributed by atoms with Crippen molar-refractivity contribution < 1.29 is 23.9 Å². The van der Waals surface area contributed by atoms with E-state index < -0.39 is 5.97 Å². The van der Waals surface area contributed by atoms with E-state index in [1.807, 2.05) is 23.6 Å². The fourth-order valence-corrected chi connectivity index (χ4v) is 3.08. The number of rotatable bonds is 9. The van der Waals surface area contributed by atoms with Crippen LogP contribution in [0.5, 0.6) is 5.75 Å². The molecule has 6 nitrogen and oxygen atoms in total. The van der Waals surface area contributed by atoms with E-state index in [-0.39, 0.29) is 24.9 Å². The Labute approximate surface area is 172 Å². The molecule has 3 aromatic rings. The second-order valence-electron chi connectivity index (χ2n) is 6.02. The molecule has 29 heavy (non-hydrogen) atoms. The Morgan fingerprint density at radius 2 is 1.55 bits per heavy atom. The van der Waals surface area contributed by atoms with Crippen molar-refractivity contribution >= 4 is 29.0 Å². The number of amides is 1. The molecule has 0 unspecified atom stereocenters. The molecule has 0 radical (unpaired) electrons. The minimum atomic E-state index is -0.652. The highest BCUT2D eigenvalue weighted by molar-refractivity contribution is 7.09. The quantitative estimate of drug-likeness (QED) is 0.434. The molecule has 0 fully saturated rings. The number of ketones is 1. The number of benzene rings is 2. The van der Waals surface area contributed by atoms with Crippen molar-refractivity contribution in [2.75, 3.05) is 13.2 Å². The van der Waals surface area contributed by atoms with Gasteiger partial charge in [0.25, 0.3) is 5.91 Å². The number of hydrogen-bond acceptors (Lipinski definition) is 6. The van der Waals surface area contributed by atoms with E-state index in [1.165, 1.54) is 11.3 Å².